The van der Waals surface area contributed by atoms with Crippen molar-refractivity contribution in [3.05, 3.63) is 34.0 Å². The van der Waals surface area contributed by atoms with Crippen LogP contribution in [-0.4, -0.2) is 65.2 Å². The number of carbonyl (C=O) groups excluding carboxylic acids is 1. The third-order valence-electron chi connectivity index (χ3n) is 4.52. The molecule has 0 aromatic carbocycles. The van der Waals surface area contributed by atoms with E-state index < -0.39 is 18.2 Å². The maximum Gasteiger partial charge on any atom is 0.333 e. The molecule has 1 aromatic rings. The monoisotopic (exact) mass is 350 g/mol. The van der Waals surface area contributed by atoms with Gasteiger partial charge in [0.05, 0.1) is 11.7 Å². The Morgan fingerprint density at radius 2 is 2.08 bits per heavy atom. The Labute approximate surface area is 145 Å². The number of piperazine rings is 1. The second kappa shape index (κ2) is 7.46. The normalized spacial score (nSPS) is 25.4. The topological polar surface area (TPSA) is 70.1 Å². The predicted molar refractivity (Wildman–Crippen MR) is 90.8 cm³/mol. The summed E-state index contributed by atoms with van der Waals surface area (Å²) >= 11 is 1.75. The maximum absolute atomic E-state index is 12.6. The molecule has 0 spiro atoms. The Bertz CT molecular complexity index is 621. The summed E-state index contributed by atoms with van der Waals surface area (Å²) in [5.41, 5.74) is 0.236. The lowest BCUT2D eigenvalue weighted by molar-refractivity contribution is -0.150. The minimum absolute atomic E-state index is 0.0293. The molecule has 3 rings (SSSR count). The van der Waals surface area contributed by atoms with Gasteiger partial charge in [0.2, 0.25) is 0 Å². The second-order valence-electron chi connectivity index (χ2n) is 6.15. The summed E-state index contributed by atoms with van der Waals surface area (Å²) in [6.07, 6.45) is 0.837. The van der Waals surface area contributed by atoms with Crippen molar-refractivity contribution in [3.63, 3.8) is 0 Å². The van der Waals surface area contributed by atoms with E-state index >= 15 is 0 Å². The molecule has 1 aromatic heterocycles. The Hall–Kier alpha value is -1.70. The van der Waals surface area contributed by atoms with Gasteiger partial charge in [-0.2, -0.15) is 0 Å². The number of amides is 1. The van der Waals surface area contributed by atoms with Crippen LogP contribution in [0.1, 0.15) is 18.2 Å². The van der Waals surface area contributed by atoms with Crippen molar-refractivity contribution in [3.8, 4) is 0 Å². The Morgan fingerprint density at radius 1 is 1.33 bits per heavy atom. The summed E-state index contributed by atoms with van der Waals surface area (Å²) in [7, 11) is 0. The van der Waals surface area contributed by atoms with Gasteiger partial charge in [0.25, 0.3) is 5.91 Å². The van der Waals surface area contributed by atoms with Gasteiger partial charge < -0.3 is 14.7 Å². The van der Waals surface area contributed by atoms with E-state index in [4.69, 9.17) is 9.84 Å². The van der Waals surface area contributed by atoms with Crippen LogP contribution in [0.2, 0.25) is 0 Å². The van der Waals surface area contributed by atoms with Crippen LogP contribution < -0.4 is 0 Å². The Balaban J connectivity index is 1.51. The third-order valence-corrected chi connectivity index (χ3v) is 5.39. The molecular formula is C17H22N2O4S. The summed E-state index contributed by atoms with van der Waals surface area (Å²) in [4.78, 5) is 29.2. The Morgan fingerprint density at radius 3 is 2.67 bits per heavy atom. The zero-order chi connectivity index (χ0) is 17.1. The van der Waals surface area contributed by atoms with Crippen molar-refractivity contribution in [1.29, 1.82) is 0 Å². The first kappa shape index (κ1) is 17.1. The number of carbonyl (C=O) groups is 2. The summed E-state index contributed by atoms with van der Waals surface area (Å²) in [5.74, 6) is -1.01. The molecule has 24 heavy (non-hydrogen) atoms. The van der Waals surface area contributed by atoms with Crippen LogP contribution in [-0.2, 0) is 20.9 Å². The Kier molecular flexibility index (Phi) is 5.33. The average molecular weight is 350 g/mol. The highest BCUT2D eigenvalue weighted by Gasteiger charge is 2.33. The van der Waals surface area contributed by atoms with Crippen LogP contribution in [0.4, 0.5) is 0 Å². The number of nitrogens with zero attached hydrogens (tertiary/aromatic N) is 2. The molecule has 2 aliphatic heterocycles. The number of aliphatic carboxylic acids is 1. The van der Waals surface area contributed by atoms with E-state index in [1.165, 1.54) is 4.88 Å². The largest absolute Gasteiger partial charge is 0.478 e. The molecule has 2 unspecified atom stereocenters. The molecule has 1 fully saturated rings. The maximum atomic E-state index is 12.6. The molecule has 2 atom stereocenters. The summed E-state index contributed by atoms with van der Waals surface area (Å²) in [5, 5.41) is 11.1. The van der Waals surface area contributed by atoms with Crippen LogP contribution in [0.3, 0.4) is 0 Å². The molecule has 3 heterocycles. The first-order chi connectivity index (χ1) is 11.5. The fraction of sp³-hybridized carbons (Fsp3) is 0.529. The number of carboxylic acids is 1. The van der Waals surface area contributed by atoms with E-state index in [1.54, 1.807) is 24.3 Å². The van der Waals surface area contributed by atoms with Gasteiger partial charge in [-0.1, -0.05) is 12.1 Å². The molecule has 1 saturated heterocycles. The van der Waals surface area contributed by atoms with Crippen molar-refractivity contribution in [2.24, 2.45) is 0 Å². The van der Waals surface area contributed by atoms with Gasteiger partial charge in [0, 0.05) is 44.0 Å². The molecule has 1 amide bonds. The van der Waals surface area contributed by atoms with Crippen LogP contribution in [0.25, 0.3) is 0 Å². The van der Waals surface area contributed by atoms with Crippen molar-refractivity contribution in [1.82, 2.24) is 9.80 Å². The van der Waals surface area contributed by atoms with Crippen molar-refractivity contribution in [2.75, 3.05) is 26.2 Å². The van der Waals surface area contributed by atoms with Gasteiger partial charge in [-0.05, 0) is 18.4 Å². The third kappa shape index (κ3) is 3.85. The SMILES string of the molecule is CC1OC(C(=O)N2CCN(Cc3cccs3)CC2)CC=C1C(=O)O. The fourth-order valence-corrected chi connectivity index (χ4v) is 3.89. The summed E-state index contributed by atoms with van der Waals surface area (Å²) in [6.45, 7) is 5.69. The van der Waals surface area contributed by atoms with Crippen molar-refractivity contribution < 1.29 is 19.4 Å². The van der Waals surface area contributed by atoms with Gasteiger partial charge >= 0.3 is 5.97 Å². The molecule has 1 N–H and O–H groups in total. The van der Waals surface area contributed by atoms with Gasteiger partial charge in [0.15, 0.2) is 0 Å². The number of rotatable bonds is 4. The van der Waals surface area contributed by atoms with E-state index in [0.29, 0.717) is 19.5 Å². The smallest absolute Gasteiger partial charge is 0.333 e. The van der Waals surface area contributed by atoms with E-state index in [1.807, 2.05) is 4.90 Å². The first-order valence-electron chi connectivity index (χ1n) is 8.17. The van der Waals surface area contributed by atoms with Crippen molar-refractivity contribution >= 4 is 23.2 Å². The number of hydrogen-bond donors (Lipinski definition) is 1. The van der Waals surface area contributed by atoms with Crippen LogP contribution in [0.5, 0.6) is 0 Å². The molecule has 0 bridgehead atoms. The highest BCUT2D eigenvalue weighted by atomic mass is 32.1. The summed E-state index contributed by atoms with van der Waals surface area (Å²) < 4.78 is 5.64. The molecule has 0 aliphatic carbocycles. The summed E-state index contributed by atoms with van der Waals surface area (Å²) in [6, 6.07) is 4.19. The van der Waals surface area contributed by atoms with Crippen LogP contribution >= 0.6 is 11.3 Å². The molecule has 2 aliphatic rings. The lowest BCUT2D eigenvalue weighted by atomic mass is 10.0. The second-order valence-corrected chi connectivity index (χ2v) is 7.18. The van der Waals surface area contributed by atoms with Gasteiger partial charge in [0.1, 0.15) is 6.10 Å². The molecule has 0 saturated carbocycles. The number of ether oxygens (including phenoxy) is 1. The first-order valence-corrected chi connectivity index (χ1v) is 9.05. The van der Waals surface area contributed by atoms with Crippen LogP contribution in [0.15, 0.2) is 29.2 Å². The minimum atomic E-state index is -0.976. The predicted octanol–water partition coefficient (Wildman–Crippen LogP) is 1.58. The highest BCUT2D eigenvalue weighted by Crippen LogP contribution is 2.22. The van der Waals surface area contributed by atoms with Gasteiger partial charge in [-0.3, -0.25) is 9.69 Å². The zero-order valence-corrected chi connectivity index (χ0v) is 14.5. The molecular weight excluding hydrogens is 328 g/mol. The average Bonchev–Trinajstić information content (AvgIpc) is 3.07. The molecule has 7 heteroatoms. The minimum Gasteiger partial charge on any atom is -0.478 e. The highest BCUT2D eigenvalue weighted by molar-refractivity contribution is 7.09. The molecule has 6 nitrogen and oxygen atoms in total. The quantitative estimate of drug-likeness (QED) is 0.893. The lowest BCUT2D eigenvalue weighted by Crippen LogP contribution is -2.52. The lowest BCUT2D eigenvalue weighted by Gasteiger charge is -2.37. The van der Waals surface area contributed by atoms with Gasteiger partial charge in [-0.25, -0.2) is 4.79 Å². The number of thiophene rings is 1. The number of hydrogen-bond acceptors (Lipinski definition) is 5. The molecule has 0 radical (unpaired) electrons. The van der Waals surface area contributed by atoms with E-state index in [-0.39, 0.29) is 11.5 Å². The molecule has 130 valence electrons. The van der Waals surface area contributed by atoms with E-state index in [0.717, 1.165) is 19.6 Å². The van der Waals surface area contributed by atoms with Crippen LogP contribution in [0, 0.1) is 0 Å². The van der Waals surface area contributed by atoms with Crippen molar-refractivity contribution in [2.45, 2.75) is 32.1 Å². The van der Waals surface area contributed by atoms with Gasteiger partial charge in [-0.15, -0.1) is 11.3 Å². The van der Waals surface area contributed by atoms with E-state index in [2.05, 4.69) is 22.4 Å². The standard InChI is InChI=1S/C17H22N2O4S/c1-12-14(17(21)22)4-5-15(23-12)16(20)19-8-6-18(7-9-19)11-13-3-2-10-24-13/h2-4,10,12,15H,5-9,11H2,1H3,(H,21,22). The van der Waals surface area contributed by atoms with E-state index in [9.17, 15) is 9.59 Å². The number of carboxylic acid groups (broad SMARTS) is 1. The fourth-order valence-electron chi connectivity index (χ4n) is 3.15. The zero-order valence-electron chi connectivity index (χ0n) is 13.7.